The number of nitrogens with zero attached hydrogens (tertiary/aromatic N) is 2. The van der Waals surface area contributed by atoms with Gasteiger partial charge < -0.3 is 9.47 Å². The lowest BCUT2D eigenvalue weighted by Gasteiger charge is -2.31. The second kappa shape index (κ2) is 9.71. The van der Waals surface area contributed by atoms with E-state index in [1.165, 1.54) is 16.9 Å². The van der Waals surface area contributed by atoms with Gasteiger partial charge in [0.05, 0.1) is 30.5 Å². The van der Waals surface area contributed by atoms with Crippen molar-refractivity contribution >= 4 is 29.2 Å². The van der Waals surface area contributed by atoms with E-state index in [-0.39, 0.29) is 11.6 Å². The molecule has 0 saturated carbocycles. The van der Waals surface area contributed by atoms with Crippen LogP contribution in [0.4, 0.5) is 0 Å². The summed E-state index contributed by atoms with van der Waals surface area (Å²) < 4.78 is 13.6. The summed E-state index contributed by atoms with van der Waals surface area (Å²) in [5.74, 6) is 1.30. The molecule has 184 valence electrons. The molecule has 4 aromatic rings. The van der Waals surface area contributed by atoms with E-state index in [4.69, 9.17) is 14.5 Å². The molecule has 1 aliphatic carbocycles. The fraction of sp³-hybridized carbons (Fsp3) is 0.161. The average Bonchev–Trinajstić information content (AvgIpc) is 3.26. The summed E-state index contributed by atoms with van der Waals surface area (Å²) in [4.78, 5) is 19.6. The molecule has 2 aliphatic rings. The predicted molar refractivity (Wildman–Crippen MR) is 149 cm³/mol. The highest BCUT2D eigenvalue weighted by Crippen LogP contribution is 2.42. The molecule has 3 aromatic carbocycles. The third-order valence-electron chi connectivity index (χ3n) is 6.93. The van der Waals surface area contributed by atoms with Gasteiger partial charge in [-0.1, -0.05) is 84.2 Å². The van der Waals surface area contributed by atoms with Crippen molar-refractivity contribution in [3.63, 3.8) is 0 Å². The molecule has 0 unspecified atom stereocenters. The highest BCUT2D eigenvalue weighted by molar-refractivity contribution is 7.07. The smallest absolute Gasteiger partial charge is 0.271 e. The molecule has 0 fully saturated rings. The molecule has 1 atom stereocenters. The van der Waals surface area contributed by atoms with E-state index < -0.39 is 0 Å². The number of thiazole rings is 1. The Kier molecular flexibility index (Phi) is 6.10. The van der Waals surface area contributed by atoms with Crippen LogP contribution in [0.1, 0.15) is 34.7 Å². The minimum absolute atomic E-state index is 0.0355. The van der Waals surface area contributed by atoms with Gasteiger partial charge in [0, 0.05) is 5.56 Å². The summed E-state index contributed by atoms with van der Waals surface area (Å²) in [7, 11) is 3.26. The van der Waals surface area contributed by atoms with Crippen LogP contribution in [-0.2, 0) is 6.42 Å². The molecule has 0 radical (unpaired) electrons. The molecule has 37 heavy (non-hydrogen) atoms. The van der Waals surface area contributed by atoms with E-state index in [0.29, 0.717) is 20.8 Å². The van der Waals surface area contributed by atoms with Crippen molar-refractivity contribution in [3.8, 4) is 11.5 Å². The van der Waals surface area contributed by atoms with Crippen molar-refractivity contribution in [2.75, 3.05) is 14.2 Å². The summed E-state index contributed by atoms with van der Waals surface area (Å²) in [6, 6.07) is 24.1. The van der Waals surface area contributed by atoms with E-state index in [1.807, 2.05) is 71.3 Å². The maximum atomic E-state index is 13.8. The lowest BCUT2D eigenvalue weighted by molar-refractivity contribution is 0.354. The summed E-state index contributed by atoms with van der Waals surface area (Å²) in [5.41, 5.74) is 6.61. The Hall–Kier alpha value is -4.16. The van der Waals surface area contributed by atoms with Gasteiger partial charge >= 0.3 is 0 Å². The molecule has 0 spiro atoms. The van der Waals surface area contributed by atoms with E-state index in [9.17, 15) is 4.79 Å². The fourth-order valence-electron chi connectivity index (χ4n) is 5.17. The minimum Gasteiger partial charge on any atom is -0.493 e. The second-order valence-electron chi connectivity index (χ2n) is 9.02. The summed E-state index contributed by atoms with van der Waals surface area (Å²) >= 11 is 1.43. The SMILES string of the molecule is COc1ccc([C@@H]2C3=C(N=c4s/c(=C\C=C\c5ccccc5)c(=O)n42)c2ccccc2CC3)cc1OC. The first kappa shape index (κ1) is 23.3. The number of rotatable bonds is 5. The maximum absolute atomic E-state index is 13.8. The number of aryl methyl sites for hydroxylation is 1. The van der Waals surface area contributed by atoms with Gasteiger partial charge in [0.1, 0.15) is 0 Å². The molecule has 0 saturated heterocycles. The number of allylic oxidation sites excluding steroid dienone is 2. The van der Waals surface area contributed by atoms with E-state index in [1.54, 1.807) is 14.2 Å². The first-order valence-electron chi connectivity index (χ1n) is 12.2. The van der Waals surface area contributed by atoms with E-state index >= 15 is 0 Å². The molecule has 1 aromatic heterocycles. The zero-order valence-corrected chi connectivity index (χ0v) is 21.5. The van der Waals surface area contributed by atoms with Crippen LogP contribution in [0.15, 0.2) is 94.2 Å². The number of hydrogen-bond donors (Lipinski definition) is 0. The van der Waals surface area contributed by atoms with Crippen molar-refractivity contribution < 1.29 is 9.47 Å². The molecule has 6 heteroatoms. The largest absolute Gasteiger partial charge is 0.493 e. The second-order valence-corrected chi connectivity index (χ2v) is 10.0. The highest BCUT2D eigenvalue weighted by Gasteiger charge is 2.33. The molecule has 6 rings (SSSR count). The number of ether oxygens (including phenoxy) is 2. The first-order chi connectivity index (χ1) is 18.2. The van der Waals surface area contributed by atoms with Crippen molar-refractivity contribution in [2.24, 2.45) is 4.99 Å². The number of aromatic nitrogens is 1. The Labute approximate surface area is 219 Å². The van der Waals surface area contributed by atoms with Gasteiger partial charge in [-0.15, -0.1) is 0 Å². The van der Waals surface area contributed by atoms with Crippen LogP contribution in [0.5, 0.6) is 11.5 Å². The number of hydrogen-bond acceptors (Lipinski definition) is 5. The summed E-state index contributed by atoms with van der Waals surface area (Å²) in [6.45, 7) is 0. The van der Waals surface area contributed by atoms with Crippen LogP contribution in [0.3, 0.4) is 0 Å². The van der Waals surface area contributed by atoms with Crippen LogP contribution >= 0.6 is 11.3 Å². The maximum Gasteiger partial charge on any atom is 0.271 e. The van der Waals surface area contributed by atoms with Crippen molar-refractivity contribution in [2.45, 2.75) is 18.9 Å². The van der Waals surface area contributed by atoms with Crippen LogP contribution in [-0.4, -0.2) is 18.8 Å². The predicted octanol–water partition coefficient (Wildman–Crippen LogP) is 5.00. The minimum atomic E-state index is -0.264. The van der Waals surface area contributed by atoms with Crippen molar-refractivity contribution in [3.05, 3.63) is 126 Å². The Morgan fingerprint density at radius 3 is 2.54 bits per heavy atom. The first-order valence-corrected chi connectivity index (χ1v) is 13.1. The Bertz CT molecular complexity index is 1730. The zero-order chi connectivity index (χ0) is 25.4. The van der Waals surface area contributed by atoms with Gasteiger partial charge in [-0.2, -0.15) is 0 Å². The molecular formula is C31H26N2O3S. The van der Waals surface area contributed by atoms with Crippen LogP contribution in [0, 0.1) is 0 Å². The lowest BCUT2D eigenvalue weighted by atomic mass is 9.83. The molecule has 0 bridgehead atoms. The van der Waals surface area contributed by atoms with Crippen LogP contribution in [0.25, 0.3) is 17.8 Å². The zero-order valence-electron chi connectivity index (χ0n) is 20.7. The van der Waals surface area contributed by atoms with Crippen molar-refractivity contribution in [1.82, 2.24) is 4.57 Å². The van der Waals surface area contributed by atoms with E-state index in [2.05, 4.69) is 24.3 Å². The van der Waals surface area contributed by atoms with Gasteiger partial charge in [-0.25, -0.2) is 4.99 Å². The number of methoxy groups -OCH3 is 2. The van der Waals surface area contributed by atoms with Gasteiger partial charge in [0.2, 0.25) is 0 Å². The van der Waals surface area contributed by atoms with Crippen molar-refractivity contribution in [1.29, 1.82) is 0 Å². The summed E-state index contributed by atoms with van der Waals surface area (Å²) in [6.07, 6.45) is 7.58. The molecule has 2 heterocycles. The molecule has 0 amide bonds. The third kappa shape index (κ3) is 4.13. The van der Waals surface area contributed by atoms with Gasteiger partial charge in [-0.05, 0) is 53.3 Å². The number of fused-ring (bicyclic) bond motifs is 3. The molecular weight excluding hydrogens is 480 g/mol. The highest BCUT2D eigenvalue weighted by atomic mass is 32.1. The normalized spacial score (nSPS) is 16.7. The third-order valence-corrected chi connectivity index (χ3v) is 7.93. The monoisotopic (exact) mass is 506 g/mol. The topological polar surface area (TPSA) is 52.8 Å². The van der Waals surface area contributed by atoms with Gasteiger partial charge in [0.25, 0.3) is 5.56 Å². The number of benzene rings is 3. The quantitative estimate of drug-likeness (QED) is 0.383. The molecule has 5 nitrogen and oxygen atoms in total. The molecule has 0 N–H and O–H groups in total. The van der Waals surface area contributed by atoms with E-state index in [0.717, 1.165) is 40.8 Å². The van der Waals surface area contributed by atoms with Crippen LogP contribution < -0.4 is 24.4 Å². The average molecular weight is 507 g/mol. The van der Waals surface area contributed by atoms with Gasteiger partial charge in [0.15, 0.2) is 16.3 Å². The summed E-state index contributed by atoms with van der Waals surface area (Å²) in [5, 5.41) is 0. The fourth-order valence-corrected chi connectivity index (χ4v) is 6.12. The Morgan fingerprint density at radius 2 is 1.73 bits per heavy atom. The Morgan fingerprint density at radius 1 is 0.946 bits per heavy atom. The lowest BCUT2D eigenvalue weighted by Crippen LogP contribution is -2.38. The van der Waals surface area contributed by atoms with Crippen LogP contribution in [0.2, 0.25) is 0 Å². The molecule has 1 aliphatic heterocycles. The standard InChI is InChI=1S/C31H26N2O3S/c1-35-25-18-16-22(19-26(25)36-2)29-24-17-15-21-12-6-7-13-23(21)28(24)32-31-33(29)30(34)27(37-31)14-8-11-20-9-4-3-5-10-20/h3-14,16,18-19,29H,15,17H2,1-2H3/b11-8+,27-14-/t29-/m1/s1. The van der Waals surface area contributed by atoms with Gasteiger partial charge in [-0.3, -0.25) is 9.36 Å². The Balaban J connectivity index is 1.55.